The van der Waals surface area contributed by atoms with Crippen molar-refractivity contribution in [2.24, 2.45) is 0 Å². The molecule has 3 heterocycles. The number of unbranched alkanes of at least 4 members (excludes halogenated alkanes) is 10. The van der Waals surface area contributed by atoms with Gasteiger partial charge in [0, 0.05) is 72.6 Å². The van der Waals surface area contributed by atoms with Crippen molar-refractivity contribution in [2.75, 3.05) is 6.54 Å². The molecule has 0 spiro atoms. The summed E-state index contributed by atoms with van der Waals surface area (Å²) >= 11 is 0. The van der Waals surface area contributed by atoms with Crippen LogP contribution in [-0.2, 0) is 22.5 Å². The third-order valence-electron chi connectivity index (χ3n) is 12.2. The number of aryl methyl sites for hydroxylation is 1. The van der Waals surface area contributed by atoms with Crippen LogP contribution < -0.4 is 5.32 Å². The molecular formula is C48H60F3N3O3. The maximum atomic E-state index is 14.5. The first-order valence-electron chi connectivity index (χ1n) is 21.3. The molecule has 2 bridgehead atoms. The number of benzene rings is 2. The molecule has 3 fully saturated rings. The molecule has 9 heteroatoms. The summed E-state index contributed by atoms with van der Waals surface area (Å²) in [4.78, 5) is 31.6. The Morgan fingerprint density at radius 2 is 1.56 bits per heavy atom. The number of fused-ring (bicyclic) bond motifs is 5. The summed E-state index contributed by atoms with van der Waals surface area (Å²) in [5.41, 5.74) is 4.82. The molecule has 2 aromatic carbocycles. The Hall–Kier alpha value is -4.37. The summed E-state index contributed by atoms with van der Waals surface area (Å²) in [6.45, 7) is 15.6. The van der Waals surface area contributed by atoms with Gasteiger partial charge in [-0.2, -0.15) is 0 Å². The van der Waals surface area contributed by atoms with E-state index in [2.05, 4.69) is 36.9 Å². The number of rotatable bonds is 22. The van der Waals surface area contributed by atoms with E-state index in [1.807, 2.05) is 35.4 Å². The fourth-order valence-corrected chi connectivity index (χ4v) is 9.03. The Morgan fingerprint density at radius 3 is 2.26 bits per heavy atom. The van der Waals surface area contributed by atoms with Gasteiger partial charge in [0.05, 0.1) is 24.0 Å². The van der Waals surface area contributed by atoms with Crippen LogP contribution in [0.1, 0.15) is 138 Å². The maximum absolute atomic E-state index is 14.5. The van der Waals surface area contributed by atoms with E-state index in [1.165, 1.54) is 57.8 Å². The Kier molecular flexibility index (Phi) is 14.7. The van der Waals surface area contributed by atoms with Crippen molar-refractivity contribution in [3.8, 4) is 0 Å². The second-order valence-corrected chi connectivity index (χ2v) is 16.3. The minimum Gasteiger partial charge on any atom is -0.381 e. The number of hydrogen-bond donors (Lipinski definition) is 1. The molecule has 6 nitrogen and oxygen atoms in total. The molecule has 3 unspecified atom stereocenters. The summed E-state index contributed by atoms with van der Waals surface area (Å²) in [6, 6.07) is 9.10. The monoisotopic (exact) mass is 783 g/mol. The van der Waals surface area contributed by atoms with E-state index in [4.69, 9.17) is 4.74 Å². The van der Waals surface area contributed by atoms with Gasteiger partial charge in [-0.15, -0.1) is 0 Å². The topological polar surface area (TPSA) is 61.9 Å². The number of ketones is 2. The van der Waals surface area contributed by atoms with E-state index in [0.29, 0.717) is 72.0 Å². The second kappa shape index (κ2) is 19.9. The molecule has 0 aromatic heterocycles. The molecule has 2 aromatic rings. The van der Waals surface area contributed by atoms with Gasteiger partial charge in [0.15, 0.2) is 5.78 Å². The van der Waals surface area contributed by atoms with Crippen molar-refractivity contribution in [3.05, 3.63) is 130 Å². The smallest absolute Gasteiger partial charge is 0.167 e. The average molecular weight is 784 g/mol. The molecule has 1 N–H and O–H groups in total. The summed E-state index contributed by atoms with van der Waals surface area (Å²) in [6.07, 6.45) is 19.9. The quantitative estimate of drug-likeness (QED) is 0.0948. The number of hydrogen-bond acceptors (Lipinski definition) is 6. The first-order chi connectivity index (χ1) is 27.5. The number of Topliss-reactive ketones (excluding diaryl/α,β-unsaturated/α-hetero) is 2. The zero-order chi connectivity index (χ0) is 40.5. The molecule has 0 amide bonds. The number of nitrogens with one attached hydrogen (secondary N) is 1. The van der Waals surface area contributed by atoms with Crippen LogP contribution in [0.15, 0.2) is 96.1 Å². The van der Waals surface area contributed by atoms with E-state index >= 15 is 0 Å². The van der Waals surface area contributed by atoms with E-state index in [0.717, 1.165) is 49.1 Å². The molecule has 4 aliphatic rings. The third kappa shape index (κ3) is 10.4. The van der Waals surface area contributed by atoms with Crippen LogP contribution >= 0.6 is 0 Å². The van der Waals surface area contributed by atoms with Gasteiger partial charge in [0.1, 0.15) is 29.5 Å². The Morgan fingerprint density at radius 1 is 0.895 bits per heavy atom. The molecule has 57 heavy (non-hydrogen) atoms. The lowest BCUT2D eigenvalue weighted by atomic mass is 9.85. The fraction of sp³-hybridized carbons (Fsp3) is 0.500. The van der Waals surface area contributed by atoms with Crippen LogP contribution in [0.5, 0.6) is 0 Å². The van der Waals surface area contributed by atoms with Gasteiger partial charge in [-0.1, -0.05) is 115 Å². The van der Waals surface area contributed by atoms with Gasteiger partial charge in [-0.25, -0.2) is 13.2 Å². The van der Waals surface area contributed by atoms with E-state index in [9.17, 15) is 22.8 Å². The fourth-order valence-electron chi connectivity index (χ4n) is 9.03. The predicted molar refractivity (Wildman–Crippen MR) is 220 cm³/mol. The van der Waals surface area contributed by atoms with Crippen LogP contribution in [0, 0.1) is 17.5 Å². The lowest BCUT2D eigenvalue weighted by Crippen LogP contribution is -2.57. The average Bonchev–Trinajstić information content (AvgIpc) is 3.56. The number of carbonyl (C=O) groups is 2. The van der Waals surface area contributed by atoms with E-state index < -0.39 is 17.5 Å². The normalized spacial score (nSPS) is 20.1. The molecule has 1 aliphatic carbocycles. The third-order valence-corrected chi connectivity index (χ3v) is 12.2. The first-order valence-corrected chi connectivity index (χ1v) is 21.3. The van der Waals surface area contributed by atoms with Crippen molar-refractivity contribution in [1.82, 2.24) is 15.1 Å². The number of allylic oxidation sites excluding steroid dienone is 2. The highest BCUT2D eigenvalue weighted by atomic mass is 19.1. The first kappa shape index (κ1) is 42.2. The zero-order valence-electron chi connectivity index (χ0n) is 33.8. The molecular weight excluding hydrogens is 724 g/mol. The van der Waals surface area contributed by atoms with Crippen molar-refractivity contribution in [1.29, 1.82) is 0 Å². The highest BCUT2D eigenvalue weighted by Gasteiger charge is 2.47. The summed E-state index contributed by atoms with van der Waals surface area (Å²) in [7, 11) is 0. The SMILES string of the molecule is C=C(NCc1c(F)cc(F)cc1F)C1=CN2CC3OC4CCC(C4)N3C(=C)C2=C(CC(=O)c2ccccc2CCC(=O)CCCCCCCCCCCCC)C1=C. The van der Waals surface area contributed by atoms with Gasteiger partial charge in [-0.05, 0) is 48.8 Å². The second-order valence-electron chi connectivity index (χ2n) is 16.3. The highest BCUT2D eigenvalue weighted by Crippen LogP contribution is 2.46. The van der Waals surface area contributed by atoms with Crippen LogP contribution in [0.25, 0.3) is 0 Å². The number of halogens is 3. The zero-order valence-corrected chi connectivity index (χ0v) is 33.8. The standard InChI is InChI=1S/C48H60F3N3O3/c1-5-6-7-8-9-10-11-12-13-14-15-19-38(55)23-21-35-18-16-17-20-40(35)46(56)28-41-32(2)43(33(3)52-29-42-44(50)25-36(49)26-45(42)51)30-53-31-47-54(34(4)48(41)53)37-22-24-39(27-37)57-47/h16-18,20,25-26,30,37,39,47,52H,2-15,19,21-24,27-29,31H2,1H3. The Bertz CT molecular complexity index is 1880. The van der Waals surface area contributed by atoms with Crippen molar-refractivity contribution in [3.63, 3.8) is 0 Å². The number of nitrogens with zero attached hydrogens (tertiary/aromatic N) is 2. The number of piperazine rings is 1. The van der Waals surface area contributed by atoms with Gasteiger partial charge in [-0.3, -0.25) is 9.59 Å². The van der Waals surface area contributed by atoms with Gasteiger partial charge in [0.25, 0.3) is 0 Å². The minimum absolute atomic E-state index is 0.0197. The lowest BCUT2D eigenvalue weighted by molar-refractivity contribution is -0.138. The van der Waals surface area contributed by atoms with Crippen molar-refractivity contribution in [2.45, 2.75) is 147 Å². The number of carbonyl (C=O) groups excluding carboxylic acids is 2. The van der Waals surface area contributed by atoms with Gasteiger partial charge in [0.2, 0.25) is 0 Å². The van der Waals surface area contributed by atoms with E-state index in [-0.39, 0.29) is 42.4 Å². The molecule has 3 aliphatic heterocycles. The lowest BCUT2D eigenvalue weighted by Gasteiger charge is -2.52. The molecule has 306 valence electrons. The summed E-state index contributed by atoms with van der Waals surface area (Å²) in [5.74, 6) is -2.87. The summed E-state index contributed by atoms with van der Waals surface area (Å²) < 4.78 is 49.2. The Balaban J connectivity index is 1.11. The van der Waals surface area contributed by atoms with Crippen molar-refractivity contribution >= 4 is 11.6 Å². The van der Waals surface area contributed by atoms with Crippen LogP contribution in [-0.4, -0.2) is 46.3 Å². The Labute approximate surface area is 337 Å². The predicted octanol–water partition coefficient (Wildman–Crippen LogP) is 11.3. The number of ether oxygens (including phenoxy) is 1. The maximum Gasteiger partial charge on any atom is 0.167 e. The van der Waals surface area contributed by atoms with Crippen molar-refractivity contribution < 1.29 is 27.5 Å². The molecule has 0 radical (unpaired) electrons. The molecule has 3 atom stereocenters. The molecule has 6 rings (SSSR count). The van der Waals surface area contributed by atoms with Gasteiger partial charge < -0.3 is 19.9 Å². The molecule has 2 saturated heterocycles. The van der Waals surface area contributed by atoms with Crippen LogP contribution in [0.3, 0.4) is 0 Å². The summed E-state index contributed by atoms with van der Waals surface area (Å²) in [5, 5.41) is 3.01. The van der Waals surface area contributed by atoms with Crippen LogP contribution in [0.4, 0.5) is 13.2 Å². The minimum atomic E-state index is -0.997. The van der Waals surface area contributed by atoms with Gasteiger partial charge >= 0.3 is 0 Å². The molecule has 1 saturated carbocycles. The largest absolute Gasteiger partial charge is 0.381 e. The highest BCUT2D eigenvalue weighted by molar-refractivity contribution is 6.00. The van der Waals surface area contributed by atoms with E-state index in [1.54, 1.807) is 0 Å². The van der Waals surface area contributed by atoms with Crippen LogP contribution in [0.2, 0.25) is 0 Å².